The first-order valence-electron chi connectivity index (χ1n) is 9.18. The summed E-state index contributed by atoms with van der Waals surface area (Å²) in [7, 11) is 0. The van der Waals surface area contributed by atoms with Crippen molar-refractivity contribution < 1.29 is 14.4 Å². The lowest BCUT2D eigenvalue weighted by molar-refractivity contribution is -0.140. The predicted octanol–water partition coefficient (Wildman–Crippen LogP) is 2.66. The topological polar surface area (TPSA) is 66.5 Å². The molecule has 1 N–H and O–H groups in total. The molecule has 3 aliphatic rings. The molecule has 1 aliphatic heterocycles. The Kier molecular flexibility index (Phi) is 3.89. The third kappa shape index (κ3) is 2.57. The van der Waals surface area contributed by atoms with E-state index in [0.29, 0.717) is 11.8 Å². The van der Waals surface area contributed by atoms with Crippen molar-refractivity contribution >= 4 is 23.4 Å². The molecule has 132 valence electrons. The highest BCUT2D eigenvalue weighted by molar-refractivity contribution is 6.06. The van der Waals surface area contributed by atoms with Crippen LogP contribution in [0.15, 0.2) is 18.2 Å². The zero-order valence-electron chi connectivity index (χ0n) is 14.7. The zero-order valence-corrected chi connectivity index (χ0v) is 14.7. The van der Waals surface area contributed by atoms with Crippen LogP contribution >= 0.6 is 0 Å². The van der Waals surface area contributed by atoms with Crippen molar-refractivity contribution in [3.05, 3.63) is 29.3 Å². The first-order valence-corrected chi connectivity index (χ1v) is 9.18. The molecule has 1 aromatic rings. The highest BCUT2D eigenvalue weighted by Gasteiger charge is 2.60. The summed E-state index contributed by atoms with van der Waals surface area (Å²) < 4.78 is 0. The van der Waals surface area contributed by atoms with E-state index in [1.165, 1.54) is 4.90 Å². The van der Waals surface area contributed by atoms with E-state index in [1.54, 1.807) is 0 Å². The number of imide groups is 1. The zero-order chi connectivity index (χ0) is 17.7. The fourth-order valence-corrected chi connectivity index (χ4v) is 5.00. The van der Waals surface area contributed by atoms with E-state index in [9.17, 15) is 14.4 Å². The summed E-state index contributed by atoms with van der Waals surface area (Å²) in [5, 5.41) is 2.90. The van der Waals surface area contributed by atoms with E-state index in [1.807, 2.05) is 32.0 Å². The minimum Gasteiger partial charge on any atom is -0.326 e. The van der Waals surface area contributed by atoms with Crippen molar-refractivity contribution in [1.82, 2.24) is 4.90 Å². The van der Waals surface area contributed by atoms with Crippen LogP contribution in [-0.2, 0) is 14.4 Å². The van der Waals surface area contributed by atoms with Gasteiger partial charge < -0.3 is 5.32 Å². The van der Waals surface area contributed by atoms with Crippen LogP contribution in [0.2, 0.25) is 0 Å². The van der Waals surface area contributed by atoms with Gasteiger partial charge in [-0.2, -0.15) is 0 Å². The quantitative estimate of drug-likeness (QED) is 0.857. The van der Waals surface area contributed by atoms with E-state index < -0.39 is 0 Å². The molecule has 1 saturated heterocycles. The minimum atomic E-state index is -0.158. The molecule has 1 heterocycles. The second-order valence-corrected chi connectivity index (χ2v) is 7.76. The highest BCUT2D eigenvalue weighted by atomic mass is 16.2. The Balaban J connectivity index is 1.38. The minimum absolute atomic E-state index is 0.0401. The Morgan fingerprint density at radius 1 is 1.12 bits per heavy atom. The van der Waals surface area contributed by atoms with E-state index in [2.05, 4.69) is 5.32 Å². The molecule has 2 saturated carbocycles. The van der Waals surface area contributed by atoms with E-state index in [4.69, 9.17) is 0 Å². The number of carbonyl (C=O) groups is 3. The summed E-state index contributed by atoms with van der Waals surface area (Å²) in [6, 6.07) is 5.77. The number of fused-ring (bicyclic) bond motifs is 5. The van der Waals surface area contributed by atoms with E-state index in [-0.39, 0.29) is 42.5 Å². The molecule has 0 unspecified atom stereocenters. The van der Waals surface area contributed by atoms with Gasteiger partial charge in [0.25, 0.3) is 0 Å². The molecular weight excluding hydrogens is 316 g/mol. The molecule has 0 spiro atoms. The average molecular weight is 340 g/mol. The van der Waals surface area contributed by atoms with Gasteiger partial charge in [0.1, 0.15) is 0 Å². The van der Waals surface area contributed by atoms with Gasteiger partial charge >= 0.3 is 0 Å². The summed E-state index contributed by atoms with van der Waals surface area (Å²) >= 11 is 0. The number of hydrogen-bond donors (Lipinski definition) is 1. The summed E-state index contributed by atoms with van der Waals surface area (Å²) in [6.07, 6.45) is 3.34. The van der Waals surface area contributed by atoms with Crippen molar-refractivity contribution in [1.29, 1.82) is 0 Å². The number of hydrogen-bond acceptors (Lipinski definition) is 3. The highest BCUT2D eigenvalue weighted by Crippen LogP contribution is 2.56. The molecule has 5 nitrogen and oxygen atoms in total. The van der Waals surface area contributed by atoms with E-state index in [0.717, 1.165) is 36.1 Å². The number of amides is 3. The van der Waals surface area contributed by atoms with Gasteiger partial charge in [-0.3, -0.25) is 19.3 Å². The summed E-state index contributed by atoms with van der Waals surface area (Å²) in [4.78, 5) is 38.9. The molecule has 1 aromatic carbocycles. The van der Waals surface area contributed by atoms with Crippen LogP contribution < -0.4 is 5.32 Å². The molecule has 0 radical (unpaired) electrons. The second-order valence-electron chi connectivity index (χ2n) is 7.76. The van der Waals surface area contributed by atoms with Gasteiger partial charge in [-0.15, -0.1) is 0 Å². The molecule has 2 bridgehead atoms. The SMILES string of the molecule is Cc1cccc(NC(=O)CCN2C(=O)[C@@H]3[C@@H]4CC[C@H](C4)[C@@H]3C2=O)c1C. The molecule has 3 fully saturated rings. The van der Waals surface area contributed by atoms with Crippen LogP contribution in [0.5, 0.6) is 0 Å². The van der Waals surface area contributed by atoms with Gasteiger partial charge in [0.15, 0.2) is 0 Å². The van der Waals surface area contributed by atoms with Crippen molar-refractivity contribution in [2.24, 2.45) is 23.7 Å². The Hall–Kier alpha value is -2.17. The van der Waals surface area contributed by atoms with Gasteiger partial charge in [-0.1, -0.05) is 12.1 Å². The number of anilines is 1. The van der Waals surface area contributed by atoms with Gasteiger partial charge in [0.05, 0.1) is 11.8 Å². The fraction of sp³-hybridized carbons (Fsp3) is 0.550. The standard InChI is InChI=1S/C20H24N2O3/c1-11-4-3-5-15(12(11)2)21-16(23)8-9-22-19(24)17-13-6-7-14(10-13)18(17)20(22)25/h3-5,13-14,17-18H,6-10H2,1-2H3,(H,21,23)/t13-,14-,17-,18+/m1/s1. The van der Waals surface area contributed by atoms with Crippen LogP contribution in [0, 0.1) is 37.5 Å². The Bertz CT molecular complexity index is 729. The summed E-state index contributed by atoms with van der Waals surface area (Å²) in [6.45, 7) is 4.16. The van der Waals surface area contributed by atoms with Crippen LogP contribution in [0.3, 0.4) is 0 Å². The third-order valence-corrected chi connectivity index (χ3v) is 6.46. The number of aryl methyl sites for hydroxylation is 1. The lowest BCUT2D eigenvalue weighted by atomic mass is 9.81. The van der Waals surface area contributed by atoms with Gasteiger partial charge in [-0.25, -0.2) is 0 Å². The second kappa shape index (κ2) is 5.97. The lowest BCUT2D eigenvalue weighted by Gasteiger charge is -2.19. The van der Waals surface area contributed by atoms with Gasteiger partial charge in [-0.05, 0) is 62.1 Å². The smallest absolute Gasteiger partial charge is 0.233 e. The lowest BCUT2D eigenvalue weighted by Crippen LogP contribution is -2.35. The average Bonchev–Trinajstić information content (AvgIpc) is 3.25. The molecule has 0 aromatic heterocycles. The molecule has 2 aliphatic carbocycles. The number of likely N-dealkylation sites (tertiary alicyclic amines) is 1. The monoisotopic (exact) mass is 340 g/mol. The van der Waals surface area contributed by atoms with E-state index >= 15 is 0 Å². The molecule has 3 amide bonds. The Morgan fingerprint density at radius 3 is 2.40 bits per heavy atom. The van der Waals surface area contributed by atoms with Crippen molar-refractivity contribution in [2.75, 3.05) is 11.9 Å². The third-order valence-electron chi connectivity index (χ3n) is 6.46. The Morgan fingerprint density at radius 2 is 1.76 bits per heavy atom. The maximum absolute atomic E-state index is 12.6. The van der Waals surface area contributed by atoms with Crippen molar-refractivity contribution in [3.8, 4) is 0 Å². The number of nitrogens with zero attached hydrogens (tertiary/aromatic N) is 1. The first kappa shape index (κ1) is 16.3. The summed E-state index contributed by atoms with van der Waals surface area (Å²) in [5.74, 6) is 0.333. The van der Waals surface area contributed by atoms with Crippen LogP contribution in [-0.4, -0.2) is 29.2 Å². The maximum atomic E-state index is 12.6. The Labute approximate surface area is 147 Å². The predicted molar refractivity (Wildman–Crippen MR) is 93.7 cm³/mol. The molecule has 4 atom stereocenters. The fourth-order valence-electron chi connectivity index (χ4n) is 5.00. The number of benzene rings is 1. The maximum Gasteiger partial charge on any atom is 0.233 e. The number of carbonyl (C=O) groups excluding carboxylic acids is 3. The van der Waals surface area contributed by atoms with Crippen LogP contribution in [0.4, 0.5) is 5.69 Å². The van der Waals surface area contributed by atoms with Crippen molar-refractivity contribution in [3.63, 3.8) is 0 Å². The summed E-state index contributed by atoms with van der Waals surface area (Å²) in [5.41, 5.74) is 2.94. The number of rotatable bonds is 4. The molecule has 4 rings (SSSR count). The van der Waals surface area contributed by atoms with Crippen molar-refractivity contribution in [2.45, 2.75) is 39.5 Å². The first-order chi connectivity index (χ1) is 12.0. The molecule has 25 heavy (non-hydrogen) atoms. The molecular formula is C20H24N2O3. The normalized spacial score (nSPS) is 30.1. The molecule has 5 heteroatoms. The largest absolute Gasteiger partial charge is 0.326 e. The number of nitrogens with one attached hydrogen (secondary N) is 1. The van der Waals surface area contributed by atoms with Crippen LogP contribution in [0.1, 0.15) is 36.8 Å². The van der Waals surface area contributed by atoms with Gasteiger partial charge in [0, 0.05) is 18.7 Å². The van der Waals surface area contributed by atoms with Crippen LogP contribution in [0.25, 0.3) is 0 Å². The van der Waals surface area contributed by atoms with Gasteiger partial charge in [0.2, 0.25) is 17.7 Å².